The number of fused-ring (bicyclic) bond motifs is 1. The third kappa shape index (κ3) is 9.16. The van der Waals surface area contributed by atoms with Gasteiger partial charge in [0, 0.05) is 51.1 Å². The predicted molar refractivity (Wildman–Crippen MR) is 200 cm³/mol. The van der Waals surface area contributed by atoms with Gasteiger partial charge in [0.2, 0.25) is 5.91 Å². The first-order chi connectivity index (χ1) is 25.5. The van der Waals surface area contributed by atoms with E-state index in [4.69, 9.17) is 28.4 Å². The molecular formula is C41H51N3O9. The molecule has 12 nitrogen and oxygen atoms in total. The van der Waals surface area contributed by atoms with Gasteiger partial charge >= 0.3 is 6.09 Å². The summed E-state index contributed by atoms with van der Waals surface area (Å²) in [4.78, 5) is 46.6. The van der Waals surface area contributed by atoms with E-state index < -0.39 is 17.6 Å². The minimum atomic E-state index is -0.677. The summed E-state index contributed by atoms with van der Waals surface area (Å²) in [5.74, 6) is 1.63. The van der Waals surface area contributed by atoms with Gasteiger partial charge in [-0.1, -0.05) is 12.1 Å². The fourth-order valence-electron chi connectivity index (χ4n) is 7.03. The maximum Gasteiger partial charge on any atom is 0.410 e. The van der Waals surface area contributed by atoms with Crippen LogP contribution in [-0.2, 0) is 25.7 Å². The summed E-state index contributed by atoms with van der Waals surface area (Å²) in [5.41, 5.74) is 2.51. The number of methoxy groups -OCH3 is 3. The summed E-state index contributed by atoms with van der Waals surface area (Å²) in [6.45, 7) is 7.41. The number of hydrogen-bond donors (Lipinski definition) is 0. The Morgan fingerprint density at radius 3 is 2.36 bits per heavy atom. The monoisotopic (exact) mass is 729 g/mol. The molecule has 1 aliphatic carbocycles. The molecule has 12 heteroatoms. The maximum absolute atomic E-state index is 15.0. The molecule has 0 aromatic heterocycles. The van der Waals surface area contributed by atoms with Crippen LogP contribution in [0.25, 0.3) is 0 Å². The summed E-state index contributed by atoms with van der Waals surface area (Å²) in [5, 5.41) is 0. The highest BCUT2D eigenvalue weighted by molar-refractivity contribution is 6.01. The highest BCUT2D eigenvalue weighted by atomic mass is 16.6. The SMILES string of the molecule is COCCCN1C(=O)COc2ccc(N(C(=O)[C@H]3CN(C(=O)OC(C)(C)C)CC[C@@H]3c3cccc(OCc4cc(OC)cc(OC)c4)c3)C3CC3)cc21. The summed E-state index contributed by atoms with van der Waals surface area (Å²) in [6.07, 6.45) is 2.51. The van der Waals surface area contributed by atoms with E-state index in [1.807, 2.05) is 86.3 Å². The molecular weight excluding hydrogens is 678 g/mol. The first-order valence-electron chi connectivity index (χ1n) is 18.3. The van der Waals surface area contributed by atoms with Gasteiger partial charge in [-0.3, -0.25) is 9.59 Å². The number of rotatable bonds is 13. The Kier molecular flexibility index (Phi) is 11.7. The van der Waals surface area contributed by atoms with Crippen LogP contribution in [0.15, 0.2) is 60.7 Å². The van der Waals surface area contributed by atoms with Gasteiger partial charge in [-0.2, -0.15) is 0 Å². The van der Waals surface area contributed by atoms with Gasteiger partial charge in [0.05, 0.1) is 25.8 Å². The molecule has 3 aromatic carbocycles. The van der Waals surface area contributed by atoms with Crippen molar-refractivity contribution in [1.82, 2.24) is 4.90 Å². The van der Waals surface area contributed by atoms with Crippen LogP contribution in [-0.4, -0.2) is 88.6 Å². The van der Waals surface area contributed by atoms with Crippen molar-refractivity contribution >= 4 is 29.3 Å². The van der Waals surface area contributed by atoms with Crippen molar-refractivity contribution < 1.29 is 42.8 Å². The summed E-state index contributed by atoms with van der Waals surface area (Å²) in [6, 6.07) is 19.1. The van der Waals surface area contributed by atoms with Crippen molar-refractivity contribution in [3.63, 3.8) is 0 Å². The average molecular weight is 730 g/mol. The summed E-state index contributed by atoms with van der Waals surface area (Å²) >= 11 is 0. The molecule has 0 spiro atoms. The molecule has 53 heavy (non-hydrogen) atoms. The Hall–Kier alpha value is -4.97. The van der Waals surface area contributed by atoms with Gasteiger partial charge in [-0.05, 0) is 106 Å². The third-order valence-corrected chi connectivity index (χ3v) is 9.73. The highest BCUT2D eigenvalue weighted by Crippen LogP contribution is 2.43. The van der Waals surface area contributed by atoms with E-state index in [2.05, 4.69) is 0 Å². The van der Waals surface area contributed by atoms with Gasteiger partial charge in [-0.15, -0.1) is 0 Å². The van der Waals surface area contributed by atoms with Crippen LogP contribution in [0.3, 0.4) is 0 Å². The molecule has 3 amide bonds. The summed E-state index contributed by atoms with van der Waals surface area (Å²) < 4.78 is 33.9. The molecule has 2 atom stereocenters. The number of piperidine rings is 1. The predicted octanol–water partition coefficient (Wildman–Crippen LogP) is 6.58. The first kappa shape index (κ1) is 37.8. The molecule has 0 bridgehead atoms. The minimum absolute atomic E-state index is 0.00905. The minimum Gasteiger partial charge on any atom is -0.497 e. The third-order valence-electron chi connectivity index (χ3n) is 9.73. The van der Waals surface area contributed by atoms with Crippen LogP contribution in [0.1, 0.15) is 63.5 Å². The molecule has 1 saturated carbocycles. The van der Waals surface area contributed by atoms with Crippen LogP contribution in [0.2, 0.25) is 0 Å². The number of benzene rings is 3. The van der Waals surface area contributed by atoms with E-state index in [1.165, 1.54) is 0 Å². The molecule has 3 aromatic rings. The van der Waals surface area contributed by atoms with E-state index >= 15 is 4.79 Å². The van der Waals surface area contributed by atoms with Crippen molar-refractivity contribution in [2.45, 2.75) is 70.6 Å². The molecule has 3 aliphatic rings. The number of ether oxygens (including phenoxy) is 6. The van der Waals surface area contributed by atoms with E-state index in [1.54, 1.807) is 31.1 Å². The second-order valence-electron chi connectivity index (χ2n) is 14.8. The molecule has 0 radical (unpaired) electrons. The quantitative estimate of drug-likeness (QED) is 0.180. The van der Waals surface area contributed by atoms with Gasteiger partial charge in [-0.25, -0.2) is 4.79 Å². The Labute approximate surface area is 311 Å². The number of nitrogens with zero attached hydrogens (tertiary/aromatic N) is 3. The number of hydrogen-bond acceptors (Lipinski definition) is 9. The first-order valence-corrected chi connectivity index (χ1v) is 18.3. The van der Waals surface area contributed by atoms with E-state index in [9.17, 15) is 9.59 Å². The molecule has 284 valence electrons. The van der Waals surface area contributed by atoms with E-state index in [0.29, 0.717) is 73.5 Å². The zero-order valence-electron chi connectivity index (χ0n) is 31.6. The van der Waals surface area contributed by atoms with Crippen LogP contribution >= 0.6 is 0 Å². The maximum atomic E-state index is 15.0. The molecule has 1 saturated heterocycles. The normalized spacial score (nSPS) is 18.5. The lowest BCUT2D eigenvalue weighted by atomic mass is 9.79. The van der Waals surface area contributed by atoms with Crippen molar-refractivity contribution in [3.05, 3.63) is 71.8 Å². The number of likely N-dealkylation sites (tertiary alicyclic amines) is 1. The molecule has 2 fully saturated rings. The van der Waals surface area contributed by atoms with Crippen LogP contribution in [0, 0.1) is 5.92 Å². The smallest absolute Gasteiger partial charge is 0.410 e. The Morgan fingerprint density at radius 1 is 0.925 bits per heavy atom. The van der Waals surface area contributed by atoms with Gasteiger partial charge in [0.25, 0.3) is 5.91 Å². The lowest BCUT2D eigenvalue weighted by Crippen LogP contribution is -2.51. The lowest BCUT2D eigenvalue weighted by Gasteiger charge is -2.41. The Balaban J connectivity index is 1.30. The Morgan fingerprint density at radius 2 is 1.68 bits per heavy atom. The molecule has 2 heterocycles. The zero-order valence-corrected chi connectivity index (χ0v) is 31.6. The largest absolute Gasteiger partial charge is 0.497 e. The lowest BCUT2D eigenvalue weighted by molar-refractivity contribution is -0.124. The van der Waals surface area contributed by atoms with Gasteiger partial charge in [0.15, 0.2) is 6.61 Å². The van der Waals surface area contributed by atoms with Crippen molar-refractivity contribution in [3.8, 4) is 23.0 Å². The number of carbonyl (C=O) groups is 3. The Bertz CT molecular complexity index is 1760. The molecule has 6 rings (SSSR count). The van der Waals surface area contributed by atoms with Gasteiger partial charge < -0.3 is 43.1 Å². The molecule has 0 N–H and O–H groups in total. The molecule has 0 unspecified atom stereocenters. The zero-order chi connectivity index (χ0) is 37.7. The second kappa shape index (κ2) is 16.4. The fraction of sp³-hybridized carbons (Fsp3) is 0.488. The fourth-order valence-corrected chi connectivity index (χ4v) is 7.03. The van der Waals surface area contributed by atoms with Crippen LogP contribution in [0.5, 0.6) is 23.0 Å². The number of carbonyl (C=O) groups excluding carboxylic acids is 3. The second-order valence-corrected chi connectivity index (χ2v) is 14.8. The van der Waals surface area contributed by atoms with Crippen molar-refractivity contribution in [2.24, 2.45) is 5.92 Å². The summed E-state index contributed by atoms with van der Waals surface area (Å²) in [7, 11) is 4.86. The topological polar surface area (TPSA) is 116 Å². The van der Waals surface area contributed by atoms with E-state index in [0.717, 1.165) is 24.0 Å². The number of amides is 3. The van der Waals surface area contributed by atoms with Crippen molar-refractivity contribution in [2.75, 3.05) is 64.0 Å². The van der Waals surface area contributed by atoms with Gasteiger partial charge in [0.1, 0.15) is 35.2 Å². The standard InChI is InChI=1S/C41H51N3O9/c1-41(2,3)53-40(47)42-17-15-34(28-9-7-10-31(21-28)51-25-27-19-32(49-5)23-33(20-27)50-6)35(24-42)39(46)44(29-11-12-29)30-13-14-37-36(22-30)43(16-8-18-48-4)38(45)26-52-37/h7,9-10,13-14,19-23,29,34-35H,8,11-12,15-18,24-26H2,1-6H3/t34-,35+/m1/s1. The highest BCUT2D eigenvalue weighted by Gasteiger charge is 2.44. The van der Waals surface area contributed by atoms with Crippen LogP contribution in [0.4, 0.5) is 16.2 Å². The average Bonchev–Trinajstić information content (AvgIpc) is 3.99. The van der Waals surface area contributed by atoms with E-state index in [-0.39, 0.29) is 36.9 Å². The van der Waals surface area contributed by atoms with Crippen molar-refractivity contribution in [1.29, 1.82) is 0 Å². The molecule has 2 aliphatic heterocycles. The van der Waals surface area contributed by atoms with Crippen LogP contribution < -0.4 is 28.7 Å². The number of anilines is 2.